The Balaban J connectivity index is 2.01. The predicted molar refractivity (Wildman–Crippen MR) is 87.6 cm³/mol. The van der Waals surface area contributed by atoms with Crippen LogP contribution < -0.4 is 15.2 Å². The largest absolute Gasteiger partial charge is 0.486 e. The summed E-state index contributed by atoms with van der Waals surface area (Å²) in [6, 6.07) is 4.08. The lowest BCUT2D eigenvalue weighted by atomic mass is 10.1. The first-order chi connectivity index (χ1) is 10.7. The zero-order chi connectivity index (χ0) is 15.5. The number of rotatable bonds is 6. The van der Waals surface area contributed by atoms with Crippen LogP contribution in [-0.4, -0.2) is 29.3 Å². The molecule has 0 atom stereocenters. The van der Waals surface area contributed by atoms with Crippen molar-refractivity contribution in [2.24, 2.45) is 11.7 Å². The van der Waals surface area contributed by atoms with Crippen molar-refractivity contribution < 1.29 is 9.47 Å². The lowest BCUT2D eigenvalue weighted by Gasteiger charge is -2.18. The number of benzene rings is 1. The molecule has 0 bridgehead atoms. The average molecular weight is 303 g/mol. The van der Waals surface area contributed by atoms with E-state index < -0.39 is 0 Å². The van der Waals surface area contributed by atoms with E-state index in [1.54, 1.807) is 0 Å². The van der Waals surface area contributed by atoms with E-state index in [0.717, 1.165) is 60.7 Å². The van der Waals surface area contributed by atoms with Crippen molar-refractivity contribution in [1.82, 2.24) is 9.55 Å². The first-order valence-corrected chi connectivity index (χ1v) is 8.18. The van der Waals surface area contributed by atoms with E-state index in [1.165, 1.54) is 0 Å². The van der Waals surface area contributed by atoms with Crippen molar-refractivity contribution >= 4 is 11.0 Å². The van der Waals surface area contributed by atoms with Crippen LogP contribution in [0.3, 0.4) is 0 Å². The third-order valence-electron chi connectivity index (χ3n) is 3.92. The molecule has 120 valence electrons. The smallest absolute Gasteiger partial charge is 0.163 e. The Morgan fingerprint density at radius 3 is 2.59 bits per heavy atom. The van der Waals surface area contributed by atoms with Gasteiger partial charge < -0.3 is 19.8 Å². The van der Waals surface area contributed by atoms with Gasteiger partial charge in [-0.3, -0.25) is 0 Å². The SMILES string of the molecule is CC(C)Cc1nc2cc3c(cc2n1CCCCN)OCCO3. The zero-order valence-corrected chi connectivity index (χ0v) is 13.5. The Morgan fingerprint density at radius 1 is 1.18 bits per heavy atom. The molecule has 1 aromatic carbocycles. The molecule has 2 N–H and O–H groups in total. The molecule has 0 radical (unpaired) electrons. The summed E-state index contributed by atoms with van der Waals surface area (Å²) in [6.45, 7) is 7.35. The van der Waals surface area contributed by atoms with E-state index in [-0.39, 0.29) is 0 Å². The Hall–Kier alpha value is -1.75. The highest BCUT2D eigenvalue weighted by molar-refractivity contribution is 5.80. The van der Waals surface area contributed by atoms with Gasteiger partial charge in [0.15, 0.2) is 11.5 Å². The Morgan fingerprint density at radius 2 is 1.91 bits per heavy atom. The molecule has 3 rings (SSSR count). The molecular weight excluding hydrogens is 278 g/mol. The van der Waals surface area contributed by atoms with Crippen LogP contribution in [0.15, 0.2) is 12.1 Å². The summed E-state index contributed by atoms with van der Waals surface area (Å²) in [5, 5.41) is 0. The van der Waals surface area contributed by atoms with E-state index >= 15 is 0 Å². The van der Waals surface area contributed by atoms with Crippen molar-refractivity contribution in [3.8, 4) is 11.5 Å². The Kier molecular flexibility index (Phi) is 4.52. The molecule has 0 aliphatic carbocycles. The minimum absolute atomic E-state index is 0.576. The number of hydrogen-bond acceptors (Lipinski definition) is 4. The van der Waals surface area contributed by atoms with Gasteiger partial charge in [-0.1, -0.05) is 13.8 Å². The molecule has 0 spiro atoms. The molecule has 2 heterocycles. The predicted octanol–water partition coefficient (Wildman–Crippen LogP) is 2.74. The molecule has 2 aromatic rings. The molecule has 1 aliphatic heterocycles. The summed E-state index contributed by atoms with van der Waals surface area (Å²) >= 11 is 0. The van der Waals surface area contributed by atoms with Gasteiger partial charge >= 0.3 is 0 Å². The monoisotopic (exact) mass is 303 g/mol. The molecule has 0 unspecified atom stereocenters. The van der Waals surface area contributed by atoms with Gasteiger partial charge in [-0.15, -0.1) is 0 Å². The first-order valence-electron chi connectivity index (χ1n) is 8.18. The quantitative estimate of drug-likeness (QED) is 0.834. The maximum Gasteiger partial charge on any atom is 0.163 e. The van der Waals surface area contributed by atoms with Crippen molar-refractivity contribution in [2.45, 2.75) is 39.7 Å². The summed E-state index contributed by atoms with van der Waals surface area (Å²) in [5.74, 6) is 3.35. The van der Waals surface area contributed by atoms with Gasteiger partial charge in [0.1, 0.15) is 19.0 Å². The van der Waals surface area contributed by atoms with E-state index in [2.05, 4.69) is 24.5 Å². The van der Waals surface area contributed by atoms with Crippen LogP contribution in [0.25, 0.3) is 11.0 Å². The number of imidazole rings is 1. The number of nitrogens with zero attached hydrogens (tertiary/aromatic N) is 2. The number of ether oxygens (including phenoxy) is 2. The number of unbranched alkanes of at least 4 members (excludes halogenated alkanes) is 1. The number of nitrogens with two attached hydrogens (primary N) is 1. The van der Waals surface area contributed by atoms with Crippen LogP contribution in [0.2, 0.25) is 0 Å². The topological polar surface area (TPSA) is 62.3 Å². The summed E-state index contributed by atoms with van der Waals surface area (Å²) in [7, 11) is 0. The van der Waals surface area contributed by atoms with Gasteiger partial charge in [-0.25, -0.2) is 4.98 Å². The molecule has 0 saturated carbocycles. The fourth-order valence-corrected chi connectivity index (χ4v) is 2.90. The van der Waals surface area contributed by atoms with E-state index in [1.807, 2.05) is 6.07 Å². The molecule has 5 nitrogen and oxygen atoms in total. The van der Waals surface area contributed by atoms with Gasteiger partial charge in [0.25, 0.3) is 0 Å². The van der Waals surface area contributed by atoms with Crippen molar-refractivity contribution in [3.63, 3.8) is 0 Å². The lowest BCUT2D eigenvalue weighted by Crippen LogP contribution is -2.15. The fourth-order valence-electron chi connectivity index (χ4n) is 2.90. The van der Waals surface area contributed by atoms with Crippen LogP contribution in [0.4, 0.5) is 0 Å². The highest BCUT2D eigenvalue weighted by Crippen LogP contribution is 2.35. The molecule has 22 heavy (non-hydrogen) atoms. The third-order valence-corrected chi connectivity index (χ3v) is 3.92. The molecule has 0 saturated heterocycles. The van der Waals surface area contributed by atoms with Crippen molar-refractivity contribution in [2.75, 3.05) is 19.8 Å². The number of aryl methyl sites for hydroxylation is 1. The van der Waals surface area contributed by atoms with Crippen LogP contribution >= 0.6 is 0 Å². The first kappa shape index (κ1) is 15.2. The van der Waals surface area contributed by atoms with Crippen LogP contribution in [0.5, 0.6) is 11.5 Å². The Bertz CT molecular complexity index is 649. The molecule has 0 fully saturated rings. The molecule has 1 aromatic heterocycles. The summed E-state index contributed by atoms with van der Waals surface area (Å²) in [6.07, 6.45) is 3.08. The standard InChI is InChI=1S/C17H25N3O2/c1-12(2)9-17-19-13-10-15-16(22-8-7-21-15)11-14(13)20(17)6-4-3-5-18/h10-12H,3-9,18H2,1-2H3. The fraction of sp³-hybridized carbons (Fsp3) is 0.588. The molecule has 1 aliphatic rings. The maximum atomic E-state index is 5.72. The molecule has 0 amide bonds. The average Bonchev–Trinajstić information content (AvgIpc) is 2.81. The van der Waals surface area contributed by atoms with E-state index in [9.17, 15) is 0 Å². The summed E-state index contributed by atoms with van der Waals surface area (Å²) < 4.78 is 13.7. The number of hydrogen-bond donors (Lipinski definition) is 1. The number of aromatic nitrogens is 2. The minimum atomic E-state index is 0.576. The van der Waals surface area contributed by atoms with Crippen molar-refractivity contribution in [3.05, 3.63) is 18.0 Å². The normalized spacial score (nSPS) is 14.0. The summed E-state index contributed by atoms with van der Waals surface area (Å²) in [5.41, 5.74) is 7.76. The van der Waals surface area contributed by atoms with Crippen LogP contribution in [-0.2, 0) is 13.0 Å². The highest BCUT2D eigenvalue weighted by atomic mass is 16.6. The van der Waals surface area contributed by atoms with Crippen LogP contribution in [0, 0.1) is 5.92 Å². The van der Waals surface area contributed by atoms with E-state index in [4.69, 9.17) is 20.2 Å². The lowest BCUT2D eigenvalue weighted by molar-refractivity contribution is 0.172. The second-order valence-electron chi connectivity index (χ2n) is 6.26. The molecular formula is C17H25N3O2. The zero-order valence-electron chi connectivity index (χ0n) is 13.5. The maximum absolute atomic E-state index is 5.72. The second-order valence-corrected chi connectivity index (χ2v) is 6.26. The van der Waals surface area contributed by atoms with Gasteiger partial charge in [0, 0.05) is 25.1 Å². The Labute approximate surface area is 131 Å². The van der Waals surface area contributed by atoms with Crippen LogP contribution in [0.1, 0.15) is 32.5 Å². The third kappa shape index (κ3) is 3.04. The summed E-state index contributed by atoms with van der Waals surface area (Å²) in [4.78, 5) is 4.84. The van der Waals surface area contributed by atoms with Gasteiger partial charge in [0.05, 0.1) is 11.0 Å². The van der Waals surface area contributed by atoms with E-state index in [0.29, 0.717) is 19.1 Å². The van der Waals surface area contributed by atoms with Crippen molar-refractivity contribution in [1.29, 1.82) is 0 Å². The van der Waals surface area contributed by atoms with Gasteiger partial charge in [0.2, 0.25) is 0 Å². The van der Waals surface area contributed by atoms with Gasteiger partial charge in [-0.05, 0) is 25.3 Å². The minimum Gasteiger partial charge on any atom is -0.486 e. The number of fused-ring (bicyclic) bond motifs is 2. The van der Waals surface area contributed by atoms with Gasteiger partial charge in [-0.2, -0.15) is 0 Å². The second kappa shape index (κ2) is 6.57. The highest BCUT2D eigenvalue weighted by Gasteiger charge is 2.18. The molecule has 5 heteroatoms.